The van der Waals surface area contributed by atoms with Crippen molar-refractivity contribution in [2.75, 3.05) is 10.0 Å². The number of nitrogens with one attached hydrogen (secondary N) is 2. The molecule has 0 aromatic heterocycles. The van der Waals surface area contributed by atoms with Crippen LogP contribution in [0.25, 0.3) is 0 Å². The van der Waals surface area contributed by atoms with Crippen molar-refractivity contribution in [2.24, 2.45) is 0 Å². The minimum absolute atomic E-state index is 0.117. The van der Waals surface area contributed by atoms with Gasteiger partial charge in [-0.05, 0) is 48.9 Å². The molecule has 0 radical (unpaired) electrons. The van der Waals surface area contributed by atoms with E-state index in [0.29, 0.717) is 10.7 Å². The van der Waals surface area contributed by atoms with E-state index in [9.17, 15) is 13.2 Å². The summed E-state index contributed by atoms with van der Waals surface area (Å²) >= 11 is 6.09. The topological polar surface area (TPSA) is 75.3 Å². The lowest BCUT2D eigenvalue weighted by Crippen LogP contribution is -2.19. The Bertz CT molecular complexity index is 1080. The predicted octanol–water partition coefficient (Wildman–Crippen LogP) is 4.70. The minimum Gasteiger partial charge on any atom is -0.322 e. The first kappa shape index (κ1) is 18.9. The molecule has 2 N–H and O–H groups in total. The highest BCUT2D eigenvalue weighted by Gasteiger charge is 2.19. The molecule has 0 saturated heterocycles. The van der Waals surface area contributed by atoms with E-state index < -0.39 is 15.9 Å². The molecule has 5 nitrogen and oxygen atoms in total. The SMILES string of the molecule is Cc1c(Cl)cccc1NC(=O)c1ccccc1NS(=O)(=O)c1ccccc1. The summed E-state index contributed by atoms with van der Waals surface area (Å²) in [6.07, 6.45) is 0. The first-order valence-electron chi connectivity index (χ1n) is 8.12. The van der Waals surface area contributed by atoms with E-state index in [1.54, 1.807) is 67.6 Å². The molecular formula is C20H17ClN2O3S. The summed E-state index contributed by atoms with van der Waals surface area (Å²) in [5.41, 5.74) is 1.69. The lowest BCUT2D eigenvalue weighted by Gasteiger charge is -2.14. The molecule has 0 atom stereocenters. The van der Waals surface area contributed by atoms with Gasteiger partial charge in [-0.25, -0.2) is 8.42 Å². The number of sulfonamides is 1. The van der Waals surface area contributed by atoms with Crippen LogP contribution in [0.4, 0.5) is 11.4 Å². The third kappa shape index (κ3) is 4.30. The van der Waals surface area contributed by atoms with Gasteiger partial charge in [0.2, 0.25) is 0 Å². The molecule has 0 unspecified atom stereocenters. The first-order valence-corrected chi connectivity index (χ1v) is 9.98. The van der Waals surface area contributed by atoms with Crippen molar-refractivity contribution in [2.45, 2.75) is 11.8 Å². The Morgan fingerprint density at radius 3 is 2.22 bits per heavy atom. The van der Waals surface area contributed by atoms with Gasteiger partial charge in [0, 0.05) is 10.7 Å². The largest absolute Gasteiger partial charge is 0.322 e. The third-order valence-electron chi connectivity index (χ3n) is 3.99. The van der Waals surface area contributed by atoms with Crippen molar-refractivity contribution < 1.29 is 13.2 Å². The second kappa shape index (κ2) is 7.82. The van der Waals surface area contributed by atoms with Gasteiger partial charge in [-0.15, -0.1) is 0 Å². The number of carbonyl (C=O) groups excluding carboxylic acids is 1. The molecule has 138 valence electrons. The summed E-state index contributed by atoms with van der Waals surface area (Å²) in [5.74, 6) is -0.438. The normalized spacial score (nSPS) is 11.0. The molecular weight excluding hydrogens is 384 g/mol. The molecule has 27 heavy (non-hydrogen) atoms. The summed E-state index contributed by atoms with van der Waals surface area (Å²) in [5, 5.41) is 3.31. The van der Waals surface area contributed by atoms with Crippen molar-refractivity contribution in [1.29, 1.82) is 0 Å². The standard InChI is InChI=1S/C20H17ClN2O3S/c1-14-17(21)11-7-13-18(14)22-20(24)16-10-5-6-12-19(16)23-27(25,26)15-8-3-2-4-9-15/h2-13,23H,1H3,(H,22,24). The van der Waals surface area contributed by atoms with Gasteiger partial charge >= 0.3 is 0 Å². The average molecular weight is 401 g/mol. The van der Waals surface area contributed by atoms with E-state index in [2.05, 4.69) is 10.0 Å². The van der Waals surface area contributed by atoms with Crippen LogP contribution in [-0.2, 0) is 10.0 Å². The molecule has 7 heteroatoms. The van der Waals surface area contributed by atoms with Crippen LogP contribution in [0.5, 0.6) is 0 Å². The highest BCUT2D eigenvalue weighted by molar-refractivity contribution is 7.92. The average Bonchev–Trinajstić information content (AvgIpc) is 2.66. The fourth-order valence-electron chi connectivity index (χ4n) is 2.51. The summed E-state index contributed by atoms with van der Waals surface area (Å²) < 4.78 is 27.6. The lowest BCUT2D eigenvalue weighted by molar-refractivity contribution is 0.102. The number of carbonyl (C=O) groups is 1. The summed E-state index contributed by atoms with van der Waals surface area (Å²) in [7, 11) is -3.81. The summed E-state index contributed by atoms with van der Waals surface area (Å²) in [4.78, 5) is 12.8. The Morgan fingerprint density at radius 1 is 0.852 bits per heavy atom. The fraction of sp³-hybridized carbons (Fsp3) is 0.0500. The molecule has 0 fully saturated rings. The van der Waals surface area contributed by atoms with Crippen LogP contribution in [0.2, 0.25) is 5.02 Å². The zero-order valence-electron chi connectivity index (χ0n) is 14.4. The minimum atomic E-state index is -3.81. The number of rotatable bonds is 5. The van der Waals surface area contributed by atoms with Gasteiger partial charge in [0.05, 0.1) is 16.1 Å². The first-order chi connectivity index (χ1) is 12.9. The predicted molar refractivity (Wildman–Crippen MR) is 108 cm³/mol. The molecule has 0 spiro atoms. The van der Waals surface area contributed by atoms with Crippen LogP contribution >= 0.6 is 11.6 Å². The van der Waals surface area contributed by atoms with E-state index in [1.165, 1.54) is 12.1 Å². The molecule has 0 heterocycles. The van der Waals surface area contributed by atoms with Crippen LogP contribution in [0.1, 0.15) is 15.9 Å². The molecule has 0 saturated carbocycles. The second-order valence-corrected chi connectivity index (χ2v) is 7.92. The van der Waals surface area contributed by atoms with Crippen molar-refractivity contribution in [1.82, 2.24) is 0 Å². The van der Waals surface area contributed by atoms with E-state index in [-0.39, 0.29) is 16.1 Å². The molecule has 0 aliphatic heterocycles. The Labute approximate surface area is 163 Å². The van der Waals surface area contributed by atoms with Gasteiger partial charge in [-0.2, -0.15) is 0 Å². The molecule has 0 aliphatic carbocycles. The van der Waals surface area contributed by atoms with Crippen LogP contribution in [0.15, 0.2) is 77.7 Å². The van der Waals surface area contributed by atoms with Gasteiger partial charge in [-0.3, -0.25) is 9.52 Å². The second-order valence-electron chi connectivity index (χ2n) is 5.83. The number of halogens is 1. The van der Waals surface area contributed by atoms with Gasteiger partial charge < -0.3 is 5.32 Å². The smallest absolute Gasteiger partial charge is 0.261 e. The van der Waals surface area contributed by atoms with Crippen molar-refractivity contribution >= 4 is 38.9 Å². The number of hydrogen-bond acceptors (Lipinski definition) is 3. The Hall–Kier alpha value is -2.83. The maximum atomic E-state index is 12.7. The molecule has 0 aliphatic rings. The number of benzene rings is 3. The Balaban J connectivity index is 1.90. The number of para-hydroxylation sites is 1. The number of hydrogen-bond donors (Lipinski definition) is 2. The number of anilines is 2. The van der Waals surface area contributed by atoms with Crippen LogP contribution in [0.3, 0.4) is 0 Å². The Kier molecular flexibility index (Phi) is 5.48. The van der Waals surface area contributed by atoms with E-state index >= 15 is 0 Å². The van der Waals surface area contributed by atoms with Gasteiger partial charge in [0.25, 0.3) is 15.9 Å². The Morgan fingerprint density at radius 2 is 1.48 bits per heavy atom. The quantitative estimate of drug-likeness (QED) is 0.651. The molecule has 0 bridgehead atoms. The highest BCUT2D eigenvalue weighted by Crippen LogP contribution is 2.25. The highest BCUT2D eigenvalue weighted by atomic mass is 35.5. The fourth-order valence-corrected chi connectivity index (χ4v) is 3.78. The molecule has 3 rings (SSSR count). The monoisotopic (exact) mass is 400 g/mol. The van der Waals surface area contributed by atoms with Crippen LogP contribution in [-0.4, -0.2) is 14.3 Å². The van der Waals surface area contributed by atoms with Gasteiger partial charge in [0.1, 0.15) is 0 Å². The lowest BCUT2D eigenvalue weighted by atomic mass is 10.1. The third-order valence-corrected chi connectivity index (χ3v) is 5.78. The maximum Gasteiger partial charge on any atom is 0.261 e. The zero-order chi connectivity index (χ0) is 19.4. The maximum absolute atomic E-state index is 12.7. The molecule has 1 amide bonds. The van der Waals surface area contributed by atoms with Crippen molar-refractivity contribution in [3.8, 4) is 0 Å². The van der Waals surface area contributed by atoms with E-state index in [1.807, 2.05) is 0 Å². The summed E-state index contributed by atoms with van der Waals surface area (Å²) in [6, 6.07) is 19.6. The van der Waals surface area contributed by atoms with Crippen molar-refractivity contribution in [3.63, 3.8) is 0 Å². The van der Waals surface area contributed by atoms with E-state index in [4.69, 9.17) is 11.6 Å². The van der Waals surface area contributed by atoms with E-state index in [0.717, 1.165) is 5.56 Å². The molecule has 3 aromatic rings. The summed E-state index contributed by atoms with van der Waals surface area (Å²) in [6.45, 7) is 1.79. The van der Waals surface area contributed by atoms with Crippen molar-refractivity contribution in [3.05, 3.63) is 88.9 Å². The van der Waals surface area contributed by atoms with Gasteiger partial charge in [-0.1, -0.05) is 48.0 Å². The number of amides is 1. The van der Waals surface area contributed by atoms with Crippen LogP contribution < -0.4 is 10.0 Å². The zero-order valence-corrected chi connectivity index (χ0v) is 16.0. The molecule has 3 aromatic carbocycles. The van der Waals surface area contributed by atoms with Gasteiger partial charge in [0.15, 0.2) is 0 Å². The van der Waals surface area contributed by atoms with Crippen LogP contribution in [0, 0.1) is 6.92 Å².